The van der Waals surface area contributed by atoms with Gasteiger partial charge < -0.3 is 15.5 Å². The number of rotatable bonds is 3. The first-order valence-corrected chi connectivity index (χ1v) is 8.17. The van der Waals surface area contributed by atoms with Gasteiger partial charge >= 0.3 is 0 Å². The molecule has 2 rings (SSSR count). The molecule has 6 nitrogen and oxygen atoms in total. The Morgan fingerprint density at radius 2 is 2.10 bits per heavy atom. The Labute approximate surface area is 120 Å². The highest BCUT2D eigenvalue weighted by molar-refractivity contribution is 7.89. The molecule has 4 N–H and O–H groups in total. The summed E-state index contributed by atoms with van der Waals surface area (Å²) in [7, 11) is 0.191. The number of benzene rings is 1. The number of nitrogens with zero attached hydrogens (tertiary/aromatic N) is 2. The molecule has 1 heterocycles. The van der Waals surface area contributed by atoms with Crippen LogP contribution in [-0.4, -0.2) is 46.5 Å². The second kappa shape index (κ2) is 5.59. The van der Waals surface area contributed by atoms with Gasteiger partial charge in [0.2, 0.25) is 10.0 Å². The van der Waals surface area contributed by atoms with Crippen LogP contribution >= 0.6 is 0 Å². The van der Waals surface area contributed by atoms with Crippen LogP contribution in [0.25, 0.3) is 0 Å². The van der Waals surface area contributed by atoms with Gasteiger partial charge in [0, 0.05) is 25.3 Å². The summed E-state index contributed by atoms with van der Waals surface area (Å²) < 4.78 is 23.5. The van der Waals surface area contributed by atoms with E-state index in [2.05, 4.69) is 11.9 Å². The van der Waals surface area contributed by atoms with E-state index in [0.29, 0.717) is 11.4 Å². The van der Waals surface area contributed by atoms with Gasteiger partial charge in [0.1, 0.15) is 4.90 Å². The van der Waals surface area contributed by atoms with Gasteiger partial charge in [-0.05, 0) is 44.6 Å². The number of likely N-dealkylation sites (N-methyl/N-ethyl adjacent to an activating group) is 2. The van der Waals surface area contributed by atoms with Crippen LogP contribution in [0.3, 0.4) is 0 Å². The number of hydrogen-bond acceptors (Lipinski definition) is 5. The van der Waals surface area contributed by atoms with Crippen molar-refractivity contribution in [1.29, 1.82) is 0 Å². The molecule has 112 valence electrons. The van der Waals surface area contributed by atoms with Crippen LogP contribution in [0.5, 0.6) is 0 Å². The van der Waals surface area contributed by atoms with Crippen molar-refractivity contribution in [3.8, 4) is 0 Å². The molecule has 1 aromatic rings. The number of sulfonamides is 1. The lowest BCUT2D eigenvalue weighted by molar-refractivity contribution is 0.247. The molecule has 0 bridgehead atoms. The normalized spacial score (nSPS) is 20.9. The van der Waals surface area contributed by atoms with E-state index < -0.39 is 10.0 Å². The van der Waals surface area contributed by atoms with Crippen molar-refractivity contribution < 1.29 is 8.42 Å². The minimum Gasteiger partial charge on any atom is -0.399 e. The molecule has 1 aliphatic rings. The van der Waals surface area contributed by atoms with E-state index >= 15 is 0 Å². The number of nitrogen functional groups attached to an aromatic ring is 1. The third kappa shape index (κ3) is 3.23. The fourth-order valence-electron chi connectivity index (χ4n) is 2.70. The van der Waals surface area contributed by atoms with E-state index in [1.165, 1.54) is 6.07 Å². The Morgan fingerprint density at radius 1 is 1.40 bits per heavy atom. The van der Waals surface area contributed by atoms with E-state index in [0.717, 1.165) is 25.9 Å². The Kier molecular flexibility index (Phi) is 4.22. The topological polar surface area (TPSA) is 92.7 Å². The predicted molar refractivity (Wildman–Crippen MR) is 81.1 cm³/mol. The first kappa shape index (κ1) is 15.1. The van der Waals surface area contributed by atoms with Gasteiger partial charge in [-0.1, -0.05) is 0 Å². The van der Waals surface area contributed by atoms with E-state index in [4.69, 9.17) is 10.9 Å². The van der Waals surface area contributed by atoms with Gasteiger partial charge in [0.25, 0.3) is 0 Å². The molecule has 0 aromatic heterocycles. The zero-order chi connectivity index (χ0) is 14.9. The number of primary sulfonamides is 1. The smallest absolute Gasteiger partial charge is 0.240 e. The summed E-state index contributed by atoms with van der Waals surface area (Å²) in [5.74, 6) is 0. The lowest BCUT2D eigenvalue weighted by Gasteiger charge is -2.37. The SMILES string of the molecule is CN1CCCC(N(C)c2ccc(N)cc2S(N)(=O)=O)C1. The van der Waals surface area contributed by atoms with Crippen LogP contribution in [0.1, 0.15) is 12.8 Å². The molecule has 0 aliphatic carbocycles. The van der Waals surface area contributed by atoms with Gasteiger partial charge in [-0.2, -0.15) is 0 Å². The van der Waals surface area contributed by atoms with Gasteiger partial charge in [-0.15, -0.1) is 0 Å². The van der Waals surface area contributed by atoms with Crippen molar-refractivity contribution in [3.05, 3.63) is 18.2 Å². The van der Waals surface area contributed by atoms with E-state index in [1.54, 1.807) is 12.1 Å². The number of anilines is 2. The summed E-state index contributed by atoms with van der Waals surface area (Å²) in [6, 6.07) is 5.13. The minimum absolute atomic E-state index is 0.0910. The molecule has 0 spiro atoms. The maximum atomic E-state index is 11.7. The van der Waals surface area contributed by atoms with Crippen LogP contribution < -0.4 is 15.8 Å². The highest BCUT2D eigenvalue weighted by atomic mass is 32.2. The number of likely N-dealkylation sites (tertiary alicyclic amines) is 1. The van der Waals surface area contributed by atoms with Crippen molar-refractivity contribution in [1.82, 2.24) is 4.90 Å². The second-order valence-electron chi connectivity index (χ2n) is 5.44. The van der Waals surface area contributed by atoms with Crippen molar-refractivity contribution >= 4 is 21.4 Å². The highest BCUT2D eigenvalue weighted by Gasteiger charge is 2.25. The van der Waals surface area contributed by atoms with Gasteiger partial charge in [-0.25, -0.2) is 13.6 Å². The summed E-state index contributed by atoms with van der Waals surface area (Å²) in [5, 5.41) is 5.30. The Hall–Kier alpha value is -1.31. The summed E-state index contributed by atoms with van der Waals surface area (Å²) in [4.78, 5) is 4.33. The molecular formula is C13H22N4O2S. The molecular weight excluding hydrogens is 276 g/mol. The summed E-state index contributed by atoms with van der Waals surface area (Å²) in [6.45, 7) is 1.99. The third-order valence-electron chi connectivity index (χ3n) is 3.82. The van der Waals surface area contributed by atoms with Crippen molar-refractivity contribution in [2.24, 2.45) is 5.14 Å². The first-order chi connectivity index (χ1) is 9.29. The standard InChI is InChI=1S/C13H22N4O2S/c1-16-7-3-4-11(9-16)17(2)12-6-5-10(14)8-13(12)20(15,18)19/h5-6,8,11H,3-4,7,9,14H2,1-2H3,(H2,15,18,19). The number of hydrogen-bond donors (Lipinski definition) is 2. The lowest BCUT2D eigenvalue weighted by atomic mass is 10.0. The molecule has 1 saturated heterocycles. The number of nitrogens with two attached hydrogens (primary N) is 2. The fourth-order valence-corrected chi connectivity index (χ4v) is 3.51. The van der Waals surface area contributed by atoms with Crippen LogP contribution in [0.4, 0.5) is 11.4 Å². The third-order valence-corrected chi connectivity index (χ3v) is 4.76. The molecule has 7 heteroatoms. The number of piperidine rings is 1. The molecule has 1 aromatic carbocycles. The Balaban J connectivity index is 2.36. The van der Waals surface area contributed by atoms with Crippen LogP contribution in [-0.2, 0) is 10.0 Å². The Bertz CT molecular complexity index is 588. The molecule has 1 aliphatic heterocycles. The van der Waals surface area contributed by atoms with Crippen molar-refractivity contribution in [2.45, 2.75) is 23.8 Å². The maximum Gasteiger partial charge on any atom is 0.240 e. The molecule has 1 atom stereocenters. The molecule has 0 amide bonds. The molecule has 0 saturated carbocycles. The zero-order valence-electron chi connectivity index (χ0n) is 11.9. The van der Waals surface area contributed by atoms with Crippen molar-refractivity contribution in [2.75, 3.05) is 37.8 Å². The van der Waals surface area contributed by atoms with Gasteiger partial charge in [0.05, 0.1) is 5.69 Å². The monoisotopic (exact) mass is 298 g/mol. The quantitative estimate of drug-likeness (QED) is 0.790. The van der Waals surface area contributed by atoms with Crippen LogP contribution in [0.15, 0.2) is 23.1 Å². The average molecular weight is 298 g/mol. The predicted octanol–water partition coefficient (Wildman–Crippen LogP) is 0.447. The summed E-state index contributed by atoms with van der Waals surface area (Å²) >= 11 is 0. The van der Waals surface area contributed by atoms with E-state index in [-0.39, 0.29) is 10.9 Å². The average Bonchev–Trinajstić information content (AvgIpc) is 2.37. The van der Waals surface area contributed by atoms with E-state index in [1.807, 2.05) is 11.9 Å². The molecule has 20 heavy (non-hydrogen) atoms. The largest absolute Gasteiger partial charge is 0.399 e. The molecule has 1 unspecified atom stereocenters. The van der Waals surface area contributed by atoms with Crippen molar-refractivity contribution in [3.63, 3.8) is 0 Å². The maximum absolute atomic E-state index is 11.7. The Morgan fingerprint density at radius 3 is 2.70 bits per heavy atom. The first-order valence-electron chi connectivity index (χ1n) is 6.63. The molecule has 1 fully saturated rings. The van der Waals surface area contributed by atoms with Gasteiger partial charge in [0.15, 0.2) is 0 Å². The molecule has 0 radical (unpaired) electrons. The summed E-state index contributed by atoms with van der Waals surface area (Å²) in [6.07, 6.45) is 2.14. The van der Waals surface area contributed by atoms with Crippen LogP contribution in [0, 0.1) is 0 Å². The second-order valence-corrected chi connectivity index (χ2v) is 6.97. The fraction of sp³-hybridized carbons (Fsp3) is 0.538. The van der Waals surface area contributed by atoms with Gasteiger partial charge in [-0.3, -0.25) is 0 Å². The highest BCUT2D eigenvalue weighted by Crippen LogP contribution is 2.29. The summed E-state index contributed by atoms with van der Waals surface area (Å²) in [5.41, 5.74) is 6.69. The van der Waals surface area contributed by atoms with Crippen LogP contribution in [0.2, 0.25) is 0 Å². The minimum atomic E-state index is -3.79. The lowest BCUT2D eigenvalue weighted by Crippen LogP contribution is -2.45. The zero-order valence-corrected chi connectivity index (χ0v) is 12.7. The van der Waals surface area contributed by atoms with E-state index in [9.17, 15) is 8.42 Å².